The van der Waals surface area contributed by atoms with Crippen LogP contribution in [0.15, 0.2) is 22.2 Å². The lowest BCUT2D eigenvalue weighted by Crippen LogP contribution is -2.27. The van der Waals surface area contributed by atoms with Crippen LogP contribution in [0.2, 0.25) is 0 Å². The number of hydrogen-bond acceptors (Lipinski definition) is 4. The monoisotopic (exact) mass is 234 g/mol. The molecule has 2 atom stereocenters. The highest BCUT2D eigenvalue weighted by Gasteiger charge is 2.40. The second-order valence-electron chi connectivity index (χ2n) is 2.75. The molecule has 0 aromatic heterocycles. The van der Waals surface area contributed by atoms with Gasteiger partial charge in [-0.3, -0.25) is 0 Å². The van der Waals surface area contributed by atoms with E-state index < -0.39 is 24.1 Å². The van der Waals surface area contributed by atoms with Crippen molar-refractivity contribution in [3.8, 4) is 0 Å². The Morgan fingerprint density at radius 2 is 1.93 bits per heavy atom. The summed E-state index contributed by atoms with van der Waals surface area (Å²) >= 11 is 11.3. The average Bonchev–Trinajstić information content (AvgIpc) is 2.66. The minimum absolute atomic E-state index is 0.0704. The van der Waals surface area contributed by atoms with Crippen LogP contribution < -0.4 is 0 Å². The first-order chi connectivity index (χ1) is 6.59. The zero-order valence-corrected chi connectivity index (χ0v) is 8.21. The molecule has 74 valence electrons. The number of hydrogen-bond donors (Lipinski definition) is 0. The van der Waals surface area contributed by atoms with Crippen molar-refractivity contribution in [3.05, 3.63) is 22.2 Å². The summed E-state index contributed by atoms with van der Waals surface area (Å²) in [4.78, 5) is 21.7. The van der Waals surface area contributed by atoms with Crippen LogP contribution >= 0.6 is 23.2 Å². The lowest BCUT2D eigenvalue weighted by Gasteiger charge is -2.15. The zero-order chi connectivity index (χ0) is 10.3. The van der Waals surface area contributed by atoms with E-state index in [-0.39, 0.29) is 10.1 Å². The minimum Gasteiger partial charge on any atom is -0.451 e. The Labute approximate surface area is 89.1 Å². The molecule has 2 aliphatic heterocycles. The van der Waals surface area contributed by atoms with Gasteiger partial charge in [0.05, 0.1) is 5.03 Å². The smallest absolute Gasteiger partial charge is 0.351 e. The topological polar surface area (TPSA) is 52.6 Å². The van der Waals surface area contributed by atoms with Crippen molar-refractivity contribution in [2.75, 3.05) is 0 Å². The molecule has 0 saturated heterocycles. The fourth-order valence-electron chi connectivity index (χ4n) is 1.20. The van der Waals surface area contributed by atoms with Gasteiger partial charge in [0.1, 0.15) is 5.03 Å². The fourth-order valence-corrected chi connectivity index (χ4v) is 1.60. The number of cyclic esters (lactones) is 2. The molecule has 0 N–H and O–H groups in total. The molecule has 0 aromatic rings. The van der Waals surface area contributed by atoms with Crippen LogP contribution in [-0.2, 0) is 19.1 Å². The molecule has 2 rings (SSSR count). The van der Waals surface area contributed by atoms with Crippen molar-refractivity contribution in [1.82, 2.24) is 0 Å². The number of ether oxygens (including phenoxy) is 2. The zero-order valence-electron chi connectivity index (χ0n) is 6.70. The van der Waals surface area contributed by atoms with Crippen LogP contribution in [0.1, 0.15) is 0 Å². The summed E-state index contributed by atoms with van der Waals surface area (Å²) in [6.45, 7) is 0. The molecular weight excluding hydrogens is 231 g/mol. The van der Waals surface area contributed by atoms with Gasteiger partial charge in [-0.15, -0.1) is 0 Å². The molecule has 0 aromatic carbocycles. The fraction of sp³-hybridized carbons (Fsp3) is 0.250. The minimum atomic E-state index is -0.806. The van der Waals surface area contributed by atoms with Crippen molar-refractivity contribution in [2.24, 2.45) is 0 Å². The van der Waals surface area contributed by atoms with E-state index in [2.05, 4.69) is 0 Å². The molecule has 0 fully saturated rings. The quantitative estimate of drug-likeness (QED) is 0.638. The maximum absolute atomic E-state index is 11.0. The van der Waals surface area contributed by atoms with Crippen LogP contribution in [0.5, 0.6) is 0 Å². The predicted molar refractivity (Wildman–Crippen MR) is 47.6 cm³/mol. The first-order valence-corrected chi connectivity index (χ1v) is 4.50. The van der Waals surface area contributed by atoms with E-state index in [9.17, 15) is 9.59 Å². The van der Waals surface area contributed by atoms with E-state index in [4.69, 9.17) is 32.7 Å². The molecule has 0 spiro atoms. The Morgan fingerprint density at radius 3 is 2.36 bits per heavy atom. The summed E-state index contributed by atoms with van der Waals surface area (Å²) in [6, 6.07) is 0. The largest absolute Gasteiger partial charge is 0.451 e. The highest BCUT2D eigenvalue weighted by molar-refractivity contribution is 6.48. The van der Waals surface area contributed by atoms with Gasteiger partial charge in [-0.2, -0.15) is 0 Å². The Balaban J connectivity index is 2.19. The van der Waals surface area contributed by atoms with Crippen LogP contribution in [-0.4, -0.2) is 24.1 Å². The van der Waals surface area contributed by atoms with Crippen molar-refractivity contribution in [3.63, 3.8) is 0 Å². The third kappa shape index (κ3) is 1.40. The molecular formula is C8H4Cl2O4. The van der Waals surface area contributed by atoms with Gasteiger partial charge in [-0.05, 0) is 6.08 Å². The van der Waals surface area contributed by atoms with Gasteiger partial charge >= 0.3 is 11.9 Å². The number of rotatable bonds is 1. The maximum Gasteiger partial charge on any atom is 0.351 e. The van der Waals surface area contributed by atoms with Gasteiger partial charge in [-0.25, -0.2) is 9.59 Å². The molecule has 0 aliphatic carbocycles. The van der Waals surface area contributed by atoms with Crippen molar-refractivity contribution < 1.29 is 19.1 Å². The highest BCUT2D eigenvalue weighted by atomic mass is 35.5. The molecule has 14 heavy (non-hydrogen) atoms. The normalized spacial score (nSPS) is 31.0. The van der Waals surface area contributed by atoms with Gasteiger partial charge in [0.25, 0.3) is 0 Å². The predicted octanol–water partition coefficient (Wildman–Crippen LogP) is 1.08. The highest BCUT2D eigenvalue weighted by Crippen LogP contribution is 2.32. The Morgan fingerprint density at radius 1 is 1.21 bits per heavy atom. The molecule has 2 heterocycles. The molecule has 4 nitrogen and oxygen atoms in total. The molecule has 0 amide bonds. The second-order valence-corrected chi connectivity index (χ2v) is 3.53. The van der Waals surface area contributed by atoms with Crippen LogP contribution in [0, 0.1) is 0 Å². The lowest BCUT2D eigenvalue weighted by atomic mass is 10.2. The molecule has 0 radical (unpaired) electrons. The van der Waals surface area contributed by atoms with Gasteiger partial charge in [0.2, 0.25) is 0 Å². The number of halogens is 2. The Kier molecular flexibility index (Phi) is 2.25. The molecule has 2 aliphatic rings. The summed E-state index contributed by atoms with van der Waals surface area (Å²) in [6.07, 6.45) is 1.24. The first-order valence-electron chi connectivity index (χ1n) is 3.74. The van der Waals surface area contributed by atoms with Gasteiger partial charge in [0, 0.05) is 6.08 Å². The molecule has 6 heteroatoms. The number of esters is 2. The Hall–Kier alpha value is -1.000. The van der Waals surface area contributed by atoms with E-state index >= 15 is 0 Å². The van der Waals surface area contributed by atoms with E-state index in [0.717, 1.165) is 0 Å². The van der Waals surface area contributed by atoms with Crippen LogP contribution in [0.3, 0.4) is 0 Å². The summed E-state index contributed by atoms with van der Waals surface area (Å²) in [5.41, 5.74) is 0. The summed E-state index contributed by atoms with van der Waals surface area (Å²) in [5.74, 6) is -1.18. The summed E-state index contributed by atoms with van der Waals surface area (Å²) in [7, 11) is 0. The first kappa shape index (κ1) is 9.55. The average molecular weight is 235 g/mol. The van der Waals surface area contributed by atoms with Gasteiger partial charge < -0.3 is 9.47 Å². The lowest BCUT2D eigenvalue weighted by molar-refractivity contribution is -0.150. The third-order valence-electron chi connectivity index (χ3n) is 1.85. The molecule has 2 unspecified atom stereocenters. The molecule has 0 saturated carbocycles. The van der Waals surface area contributed by atoms with E-state index in [1.807, 2.05) is 0 Å². The van der Waals surface area contributed by atoms with E-state index in [0.29, 0.717) is 0 Å². The molecule has 0 bridgehead atoms. The number of carbonyl (C=O) groups excluding carboxylic acids is 2. The van der Waals surface area contributed by atoms with Crippen molar-refractivity contribution in [1.29, 1.82) is 0 Å². The van der Waals surface area contributed by atoms with E-state index in [1.165, 1.54) is 12.2 Å². The standard InChI is InChI=1S/C8H4Cl2O4/c9-5-6(10)8(12)14-7(5)3-1-2-4(11)13-3/h1-3,7H. The van der Waals surface area contributed by atoms with Crippen LogP contribution in [0.4, 0.5) is 0 Å². The summed E-state index contributed by atoms with van der Waals surface area (Å²) in [5, 5.41) is -0.0889. The SMILES string of the molecule is O=C1C=CC(C2OC(=O)C(Cl)=C2Cl)O1. The van der Waals surface area contributed by atoms with Gasteiger partial charge in [-0.1, -0.05) is 23.2 Å². The second kappa shape index (κ2) is 3.29. The van der Waals surface area contributed by atoms with Crippen molar-refractivity contribution in [2.45, 2.75) is 12.2 Å². The number of carbonyl (C=O) groups is 2. The van der Waals surface area contributed by atoms with Crippen molar-refractivity contribution >= 4 is 35.1 Å². The van der Waals surface area contributed by atoms with Crippen LogP contribution in [0.25, 0.3) is 0 Å². The maximum atomic E-state index is 11.0. The third-order valence-corrected chi connectivity index (χ3v) is 2.70. The van der Waals surface area contributed by atoms with Gasteiger partial charge in [0.15, 0.2) is 12.2 Å². The van der Waals surface area contributed by atoms with E-state index in [1.54, 1.807) is 0 Å². The Bertz CT molecular complexity index is 372. The summed E-state index contributed by atoms with van der Waals surface area (Å²) < 4.78 is 9.62.